The molecule has 0 aliphatic rings. The van der Waals surface area contributed by atoms with Crippen LogP contribution in [0.3, 0.4) is 0 Å². The van der Waals surface area contributed by atoms with Gasteiger partial charge in [-0.2, -0.15) is 13.2 Å². The number of aromatic nitrogens is 2. The zero-order valence-corrected chi connectivity index (χ0v) is 13.0. The quantitative estimate of drug-likeness (QED) is 0.510. The molecule has 5 nitrogen and oxygen atoms in total. The van der Waals surface area contributed by atoms with Crippen LogP contribution in [-0.4, -0.2) is 14.5 Å². The molecule has 3 rings (SSSR count). The summed E-state index contributed by atoms with van der Waals surface area (Å²) < 4.78 is 40.2. The number of hydrogen-bond donors (Lipinski definition) is 0. The highest BCUT2D eigenvalue weighted by Crippen LogP contribution is 2.33. The van der Waals surface area contributed by atoms with Crippen LogP contribution in [0.2, 0.25) is 0 Å². The first-order chi connectivity index (χ1) is 11.8. The summed E-state index contributed by atoms with van der Waals surface area (Å²) in [4.78, 5) is 14.7. The maximum atomic E-state index is 12.9. The highest BCUT2D eigenvalue weighted by Gasteiger charge is 2.30. The molecule has 3 aromatic rings. The lowest BCUT2D eigenvalue weighted by molar-refractivity contribution is -0.384. The summed E-state index contributed by atoms with van der Waals surface area (Å²) >= 11 is 0. The Hall–Kier alpha value is -3.16. The Balaban J connectivity index is 2.04. The molecule has 8 heteroatoms. The number of rotatable bonds is 3. The minimum Gasteiger partial charge on any atom is -0.333 e. The van der Waals surface area contributed by atoms with Gasteiger partial charge in [0.15, 0.2) is 0 Å². The molecule has 1 heterocycles. The predicted octanol–water partition coefficient (Wildman–Crippen LogP) is 4.68. The van der Waals surface area contributed by atoms with Crippen molar-refractivity contribution in [3.63, 3.8) is 0 Å². The van der Waals surface area contributed by atoms with Gasteiger partial charge in [0.05, 0.1) is 16.2 Å². The van der Waals surface area contributed by atoms with Crippen LogP contribution >= 0.6 is 0 Å². The van der Waals surface area contributed by atoms with Crippen molar-refractivity contribution in [1.82, 2.24) is 9.55 Å². The molecule has 0 saturated heterocycles. The summed E-state index contributed by atoms with van der Waals surface area (Å²) in [6.07, 6.45) is -2.85. The van der Waals surface area contributed by atoms with E-state index in [2.05, 4.69) is 4.98 Å². The van der Waals surface area contributed by atoms with E-state index in [0.717, 1.165) is 12.1 Å². The molecule has 0 aliphatic heterocycles. The van der Waals surface area contributed by atoms with Gasteiger partial charge < -0.3 is 4.57 Å². The van der Waals surface area contributed by atoms with Crippen molar-refractivity contribution in [2.24, 2.45) is 7.05 Å². The van der Waals surface area contributed by atoms with Gasteiger partial charge in [0.25, 0.3) is 5.69 Å². The average Bonchev–Trinajstić information content (AvgIpc) is 2.96. The number of alkyl halides is 3. The third-order valence-corrected chi connectivity index (χ3v) is 3.68. The number of aryl methyl sites for hydroxylation is 1. The molecule has 0 unspecified atom stereocenters. The molecule has 0 bridgehead atoms. The summed E-state index contributed by atoms with van der Waals surface area (Å²) in [6, 6.07) is 10.8. The van der Waals surface area contributed by atoms with Crippen molar-refractivity contribution >= 4 is 5.69 Å². The van der Waals surface area contributed by atoms with E-state index >= 15 is 0 Å². The molecular weight excluding hydrogens is 335 g/mol. The van der Waals surface area contributed by atoms with Gasteiger partial charge in [-0.05, 0) is 12.1 Å². The van der Waals surface area contributed by atoms with E-state index in [4.69, 9.17) is 0 Å². The van der Waals surface area contributed by atoms with E-state index in [0.29, 0.717) is 22.6 Å². The molecule has 0 amide bonds. The molecule has 1 aromatic heterocycles. The van der Waals surface area contributed by atoms with Crippen LogP contribution < -0.4 is 0 Å². The van der Waals surface area contributed by atoms with Crippen molar-refractivity contribution in [3.05, 3.63) is 70.4 Å². The molecular formula is C17H12F3N3O2. The van der Waals surface area contributed by atoms with Crippen LogP contribution in [0.1, 0.15) is 5.56 Å². The van der Waals surface area contributed by atoms with Crippen LogP contribution in [0.15, 0.2) is 54.7 Å². The molecule has 2 aromatic carbocycles. The monoisotopic (exact) mass is 347 g/mol. The normalized spacial score (nSPS) is 11.5. The van der Waals surface area contributed by atoms with E-state index < -0.39 is 16.7 Å². The average molecular weight is 347 g/mol. The summed E-state index contributed by atoms with van der Waals surface area (Å²) in [7, 11) is 1.68. The smallest absolute Gasteiger partial charge is 0.333 e. The fraction of sp³-hybridized carbons (Fsp3) is 0.118. The van der Waals surface area contributed by atoms with E-state index in [1.807, 2.05) is 0 Å². The van der Waals surface area contributed by atoms with Crippen molar-refractivity contribution in [2.45, 2.75) is 6.18 Å². The van der Waals surface area contributed by atoms with Crippen LogP contribution in [0.25, 0.3) is 22.6 Å². The number of benzene rings is 2. The Morgan fingerprint density at radius 3 is 2.44 bits per heavy atom. The zero-order valence-electron chi connectivity index (χ0n) is 13.0. The Morgan fingerprint density at radius 1 is 1.08 bits per heavy atom. The summed E-state index contributed by atoms with van der Waals surface area (Å²) in [5.41, 5.74) is 0.348. The number of nitro benzene ring substituents is 1. The second kappa shape index (κ2) is 6.04. The largest absolute Gasteiger partial charge is 0.416 e. The SMILES string of the molecule is Cn1cc(-c2cccc(C(F)(F)F)c2)nc1-c1cccc([N+](=O)[O-])c1. The molecule has 0 saturated carbocycles. The Kier molecular flexibility index (Phi) is 4.03. The molecule has 0 N–H and O–H groups in total. The van der Waals surface area contributed by atoms with Crippen LogP contribution in [0, 0.1) is 10.1 Å². The zero-order chi connectivity index (χ0) is 18.2. The second-order valence-corrected chi connectivity index (χ2v) is 5.45. The fourth-order valence-corrected chi connectivity index (χ4v) is 2.49. The van der Waals surface area contributed by atoms with Gasteiger partial charge in [-0.25, -0.2) is 4.98 Å². The maximum absolute atomic E-state index is 12.9. The standard InChI is InChI=1S/C17H12F3N3O2/c1-22-10-15(11-4-2-6-13(8-11)17(18,19)20)21-16(22)12-5-3-7-14(9-12)23(24)25/h2-10H,1H3. The first-order valence-corrected chi connectivity index (χ1v) is 7.21. The third kappa shape index (κ3) is 3.37. The first kappa shape index (κ1) is 16.7. The highest BCUT2D eigenvalue weighted by molar-refractivity contribution is 5.67. The molecule has 0 fully saturated rings. The van der Waals surface area contributed by atoms with Crippen molar-refractivity contribution in [2.75, 3.05) is 0 Å². The summed E-state index contributed by atoms with van der Waals surface area (Å²) in [5.74, 6) is 0.427. The van der Waals surface area contributed by atoms with Crippen LogP contribution in [-0.2, 0) is 13.2 Å². The third-order valence-electron chi connectivity index (χ3n) is 3.68. The molecule has 0 atom stereocenters. The lowest BCUT2D eigenvalue weighted by Crippen LogP contribution is -2.04. The lowest BCUT2D eigenvalue weighted by Gasteiger charge is -2.07. The molecule has 0 spiro atoms. The maximum Gasteiger partial charge on any atom is 0.416 e. The van der Waals surface area contributed by atoms with Crippen molar-refractivity contribution < 1.29 is 18.1 Å². The van der Waals surface area contributed by atoms with Crippen LogP contribution in [0.4, 0.5) is 18.9 Å². The van der Waals surface area contributed by atoms with Gasteiger partial charge >= 0.3 is 6.18 Å². The van der Waals surface area contributed by atoms with Gasteiger partial charge in [-0.1, -0.05) is 24.3 Å². The Bertz CT molecular complexity index is 948. The van der Waals surface area contributed by atoms with Gasteiger partial charge in [0.2, 0.25) is 0 Å². The highest BCUT2D eigenvalue weighted by atomic mass is 19.4. The van der Waals surface area contributed by atoms with E-state index in [1.54, 1.807) is 23.9 Å². The van der Waals surface area contributed by atoms with E-state index in [-0.39, 0.29) is 5.69 Å². The number of hydrogen-bond acceptors (Lipinski definition) is 3. The fourth-order valence-electron chi connectivity index (χ4n) is 2.49. The Labute approximate surface area is 140 Å². The molecule has 0 aliphatic carbocycles. The van der Waals surface area contributed by atoms with Crippen molar-refractivity contribution in [1.29, 1.82) is 0 Å². The molecule has 128 valence electrons. The van der Waals surface area contributed by atoms with Gasteiger partial charge in [0, 0.05) is 36.5 Å². The number of halogens is 3. The lowest BCUT2D eigenvalue weighted by atomic mass is 10.1. The van der Waals surface area contributed by atoms with E-state index in [9.17, 15) is 23.3 Å². The number of nitrogens with zero attached hydrogens (tertiary/aromatic N) is 3. The molecule has 0 radical (unpaired) electrons. The number of nitro groups is 1. The van der Waals surface area contributed by atoms with Crippen molar-refractivity contribution in [3.8, 4) is 22.6 Å². The Morgan fingerprint density at radius 2 is 1.76 bits per heavy atom. The number of imidazole rings is 1. The summed E-state index contributed by atoms with van der Waals surface area (Å²) in [5, 5.41) is 10.9. The predicted molar refractivity (Wildman–Crippen MR) is 85.7 cm³/mol. The van der Waals surface area contributed by atoms with E-state index in [1.165, 1.54) is 30.3 Å². The minimum atomic E-state index is -4.44. The van der Waals surface area contributed by atoms with Gasteiger partial charge in [-0.3, -0.25) is 10.1 Å². The first-order valence-electron chi connectivity index (χ1n) is 7.21. The minimum absolute atomic E-state index is 0.0823. The van der Waals surface area contributed by atoms with Gasteiger partial charge in [0.1, 0.15) is 5.82 Å². The topological polar surface area (TPSA) is 61.0 Å². The van der Waals surface area contributed by atoms with Crippen LogP contribution in [0.5, 0.6) is 0 Å². The number of non-ortho nitro benzene ring substituents is 1. The second-order valence-electron chi connectivity index (χ2n) is 5.45. The summed E-state index contributed by atoms with van der Waals surface area (Å²) in [6.45, 7) is 0. The molecule has 25 heavy (non-hydrogen) atoms. The van der Waals surface area contributed by atoms with Gasteiger partial charge in [-0.15, -0.1) is 0 Å².